The molecule has 3 nitrogen and oxygen atoms in total. The second-order valence-corrected chi connectivity index (χ2v) is 4.75. The number of rotatable bonds is 6. The molecule has 0 unspecified atom stereocenters. The number of hydrogen-bond acceptors (Lipinski definition) is 2. The monoisotopic (exact) mass is 256 g/mol. The molecule has 0 bridgehead atoms. The first-order valence-electron chi connectivity index (χ1n) is 6.61. The third-order valence-electron chi connectivity index (χ3n) is 2.89. The molecule has 0 saturated heterocycles. The summed E-state index contributed by atoms with van der Waals surface area (Å²) in [5.74, 6) is 3.52. The fourth-order valence-electron chi connectivity index (χ4n) is 2.11. The summed E-state index contributed by atoms with van der Waals surface area (Å²) in [7, 11) is 0. The largest absolute Gasteiger partial charge is 0.490 e. The molecular formula is C16H20N2O. The van der Waals surface area contributed by atoms with Gasteiger partial charge in [0.15, 0.2) is 0 Å². The highest BCUT2D eigenvalue weighted by Gasteiger charge is 2.07. The molecule has 0 aliphatic heterocycles. The normalized spacial score (nSPS) is 10.8. The summed E-state index contributed by atoms with van der Waals surface area (Å²) < 4.78 is 8.04. The molecule has 1 aromatic heterocycles. The van der Waals surface area contributed by atoms with E-state index in [4.69, 9.17) is 11.2 Å². The van der Waals surface area contributed by atoms with Gasteiger partial charge in [-0.25, -0.2) is 0 Å². The second-order valence-electron chi connectivity index (χ2n) is 4.75. The number of aromatic nitrogens is 1. The summed E-state index contributed by atoms with van der Waals surface area (Å²) in [4.78, 5) is 0. The van der Waals surface area contributed by atoms with E-state index in [0.29, 0.717) is 6.54 Å². The number of terminal acetylenes is 1. The molecule has 0 aliphatic rings. The molecule has 0 atom stereocenters. The van der Waals surface area contributed by atoms with Gasteiger partial charge in [0.2, 0.25) is 0 Å². The summed E-state index contributed by atoms with van der Waals surface area (Å²) in [5, 5.41) is 4.36. The van der Waals surface area contributed by atoms with E-state index < -0.39 is 0 Å². The van der Waals surface area contributed by atoms with E-state index >= 15 is 0 Å². The van der Waals surface area contributed by atoms with Gasteiger partial charge in [0.05, 0.1) is 18.2 Å². The zero-order valence-corrected chi connectivity index (χ0v) is 11.5. The third-order valence-corrected chi connectivity index (χ3v) is 2.89. The van der Waals surface area contributed by atoms with Gasteiger partial charge in [-0.05, 0) is 32.0 Å². The van der Waals surface area contributed by atoms with Gasteiger partial charge in [0.1, 0.15) is 5.75 Å². The summed E-state index contributed by atoms with van der Waals surface area (Å²) in [5.41, 5.74) is 1.20. The number of nitrogens with zero attached hydrogens (tertiary/aromatic N) is 1. The average molecular weight is 256 g/mol. The zero-order valence-electron chi connectivity index (χ0n) is 11.5. The molecule has 0 fully saturated rings. The van der Waals surface area contributed by atoms with Crippen LogP contribution in [0.4, 0.5) is 0 Å². The number of fused-ring (bicyclic) bond motifs is 1. The Morgan fingerprint density at radius 1 is 1.37 bits per heavy atom. The number of nitrogens with one attached hydrogen (secondary N) is 1. The van der Waals surface area contributed by atoms with Crippen LogP contribution in [0.2, 0.25) is 0 Å². The molecule has 19 heavy (non-hydrogen) atoms. The van der Waals surface area contributed by atoms with Crippen LogP contribution in [0.25, 0.3) is 10.9 Å². The van der Waals surface area contributed by atoms with Gasteiger partial charge in [-0.15, -0.1) is 6.42 Å². The molecule has 0 spiro atoms. The number of ether oxygens (including phenoxy) is 1. The lowest BCUT2D eigenvalue weighted by molar-refractivity contribution is 0.245. The quantitative estimate of drug-likeness (QED) is 0.635. The van der Waals surface area contributed by atoms with Gasteiger partial charge in [-0.3, -0.25) is 0 Å². The molecule has 0 aliphatic carbocycles. The summed E-state index contributed by atoms with van der Waals surface area (Å²) >= 11 is 0. The molecule has 1 heterocycles. The minimum absolute atomic E-state index is 0.186. The Kier molecular flexibility index (Phi) is 4.48. The summed E-state index contributed by atoms with van der Waals surface area (Å²) in [6.45, 7) is 6.46. The maximum atomic E-state index is 5.83. The van der Waals surface area contributed by atoms with Crippen molar-refractivity contribution in [3.8, 4) is 18.1 Å². The maximum Gasteiger partial charge on any atom is 0.129 e. The first kappa shape index (κ1) is 13.5. The molecule has 3 heteroatoms. The van der Waals surface area contributed by atoms with Crippen molar-refractivity contribution in [2.45, 2.75) is 26.5 Å². The summed E-state index contributed by atoms with van der Waals surface area (Å²) in [6, 6.07) is 8.27. The van der Waals surface area contributed by atoms with Crippen LogP contribution < -0.4 is 10.1 Å². The lowest BCUT2D eigenvalue weighted by Gasteiger charge is -2.11. The summed E-state index contributed by atoms with van der Waals surface area (Å²) in [6.07, 6.45) is 7.49. The van der Waals surface area contributed by atoms with E-state index in [1.807, 2.05) is 26.0 Å². The topological polar surface area (TPSA) is 26.2 Å². The standard InChI is InChI=1S/C16H20N2O/c1-4-9-17-10-12-18-11-8-14-15(18)6-5-7-16(14)19-13(2)3/h1,5-8,11,13,17H,9-10,12H2,2-3H3. The third kappa shape index (κ3) is 3.30. The van der Waals surface area contributed by atoms with Crippen LogP contribution in [0.15, 0.2) is 30.5 Å². The molecule has 0 radical (unpaired) electrons. The Hall–Kier alpha value is -1.92. The van der Waals surface area contributed by atoms with Gasteiger partial charge in [-0.1, -0.05) is 12.0 Å². The van der Waals surface area contributed by atoms with Crippen LogP contribution in [0.5, 0.6) is 5.75 Å². The Bertz CT molecular complexity index is 578. The molecule has 0 amide bonds. The van der Waals surface area contributed by atoms with Crippen molar-refractivity contribution in [1.29, 1.82) is 0 Å². The molecule has 1 N–H and O–H groups in total. The minimum Gasteiger partial charge on any atom is -0.490 e. The van der Waals surface area contributed by atoms with E-state index in [2.05, 4.69) is 34.1 Å². The fraction of sp³-hybridized carbons (Fsp3) is 0.375. The molecular weight excluding hydrogens is 236 g/mol. The average Bonchev–Trinajstić information content (AvgIpc) is 2.79. The van der Waals surface area contributed by atoms with Crippen LogP contribution in [0.3, 0.4) is 0 Å². The van der Waals surface area contributed by atoms with Gasteiger partial charge in [0.25, 0.3) is 0 Å². The Labute approximate surface area is 114 Å². The van der Waals surface area contributed by atoms with Crippen molar-refractivity contribution in [3.05, 3.63) is 30.5 Å². The fourth-order valence-corrected chi connectivity index (χ4v) is 2.11. The van der Waals surface area contributed by atoms with E-state index in [1.165, 1.54) is 5.52 Å². The zero-order chi connectivity index (χ0) is 13.7. The van der Waals surface area contributed by atoms with Crippen LogP contribution in [-0.4, -0.2) is 23.8 Å². The Morgan fingerprint density at radius 2 is 2.21 bits per heavy atom. The second kappa shape index (κ2) is 6.31. The van der Waals surface area contributed by atoms with Crippen molar-refractivity contribution in [2.75, 3.05) is 13.1 Å². The van der Waals surface area contributed by atoms with Crippen LogP contribution in [0.1, 0.15) is 13.8 Å². The lowest BCUT2D eigenvalue weighted by Crippen LogP contribution is -2.19. The van der Waals surface area contributed by atoms with E-state index in [9.17, 15) is 0 Å². The van der Waals surface area contributed by atoms with Crippen LogP contribution in [0, 0.1) is 12.3 Å². The molecule has 0 saturated carbocycles. The predicted octanol–water partition coefficient (Wildman–Crippen LogP) is 2.65. The van der Waals surface area contributed by atoms with Gasteiger partial charge in [-0.2, -0.15) is 0 Å². The predicted molar refractivity (Wildman–Crippen MR) is 79.4 cm³/mol. The Balaban J connectivity index is 2.16. The van der Waals surface area contributed by atoms with Crippen molar-refractivity contribution in [1.82, 2.24) is 9.88 Å². The number of hydrogen-bond donors (Lipinski definition) is 1. The van der Waals surface area contributed by atoms with E-state index in [0.717, 1.165) is 24.2 Å². The van der Waals surface area contributed by atoms with E-state index in [1.54, 1.807) is 0 Å². The van der Waals surface area contributed by atoms with E-state index in [-0.39, 0.29) is 6.10 Å². The maximum absolute atomic E-state index is 5.83. The van der Waals surface area contributed by atoms with Crippen LogP contribution in [-0.2, 0) is 6.54 Å². The highest BCUT2D eigenvalue weighted by Crippen LogP contribution is 2.27. The van der Waals surface area contributed by atoms with Gasteiger partial charge in [0, 0.05) is 24.7 Å². The van der Waals surface area contributed by atoms with Crippen molar-refractivity contribution in [2.24, 2.45) is 0 Å². The van der Waals surface area contributed by atoms with Crippen molar-refractivity contribution >= 4 is 10.9 Å². The highest BCUT2D eigenvalue weighted by atomic mass is 16.5. The van der Waals surface area contributed by atoms with Crippen molar-refractivity contribution < 1.29 is 4.74 Å². The molecule has 2 aromatic rings. The van der Waals surface area contributed by atoms with Gasteiger partial charge < -0.3 is 14.6 Å². The van der Waals surface area contributed by atoms with Gasteiger partial charge >= 0.3 is 0 Å². The molecule has 2 rings (SSSR count). The minimum atomic E-state index is 0.186. The lowest BCUT2D eigenvalue weighted by atomic mass is 10.2. The van der Waals surface area contributed by atoms with Crippen molar-refractivity contribution in [3.63, 3.8) is 0 Å². The SMILES string of the molecule is C#CCNCCn1ccc2c(OC(C)C)cccc21. The molecule has 100 valence electrons. The first-order chi connectivity index (χ1) is 9.22. The Morgan fingerprint density at radius 3 is 2.95 bits per heavy atom. The molecule has 1 aromatic carbocycles. The smallest absolute Gasteiger partial charge is 0.129 e. The first-order valence-corrected chi connectivity index (χ1v) is 6.61. The van der Waals surface area contributed by atoms with Crippen LogP contribution >= 0.6 is 0 Å². The highest BCUT2D eigenvalue weighted by molar-refractivity contribution is 5.86. The number of benzene rings is 1.